The Bertz CT molecular complexity index is 990. The van der Waals surface area contributed by atoms with E-state index in [4.69, 9.17) is 0 Å². The average Bonchev–Trinajstić information content (AvgIpc) is 3.06. The molecule has 0 amide bonds. The summed E-state index contributed by atoms with van der Waals surface area (Å²) in [5.41, 5.74) is 3.11. The highest BCUT2D eigenvalue weighted by atomic mass is 79.9. The van der Waals surface area contributed by atoms with Crippen molar-refractivity contribution in [2.24, 2.45) is 0 Å². The quantitative estimate of drug-likeness (QED) is 0.412. The predicted octanol–water partition coefficient (Wildman–Crippen LogP) is 4.21. The van der Waals surface area contributed by atoms with Crippen molar-refractivity contribution in [3.63, 3.8) is 0 Å². The fraction of sp³-hybridized carbons (Fsp3) is 0.0556. The van der Waals surface area contributed by atoms with Crippen molar-refractivity contribution < 1.29 is 4.79 Å². The fourth-order valence-electron chi connectivity index (χ4n) is 2.43. The summed E-state index contributed by atoms with van der Waals surface area (Å²) < 4.78 is 1.66. The van der Waals surface area contributed by atoms with Crippen LogP contribution in [0, 0.1) is 0 Å². The van der Waals surface area contributed by atoms with Gasteiger partial charge in [0.15, 0.2) is 5.65 Å². The van der Waals surface area contributed by atoms with Crippen molar-refractivity contribution in [2.75, 3.05) is 0 Å². The number of halogens is 2. The molecule has 0 fully saturated rings. The Kier molecular flexibility index (Phi) is 7.73. The third kappa shape index (κ3) is 3.86. The Morgan fingerprint density at radius 2 is 1.65 bits per heavy atom. The number of carbonyl (C=O) groups excluding carboxylic acids is 1. The van der Waals surface area contributed by atoms with Crippen LogP contribution in [0.5, 0.6) is 0 Å². The highest BCUT2D eigenvalue weighted by molar-refractivity contribution is 8.93. The van der Waals surface area contributed by atoms with Gasteiger partial charge in [-0.25, -0.2) is 9.50 Å². The smallest absolute Gasteiger partial charge is 0.216 e. The van der Waals surface area contributed by atoms with Gasteiger partial charge in [0.25, 0.3) is 0 Å². The number of hydrogen-bond donors (Lipinski definition) is 0. The lowest BCUT2D eigenvalue weighted by molar-refractivity contribution is 0.103. The van der Waals surface area contributed by atoms with Crippen LogP contribution in [0.2, 0.25) is 0 Å². The Labute approximate surface area is 171 Å². The van der Waals surface area contributed by atoms with E-state index in [1.54, 1.807) is 47.5 Å². The van der Waals surface area contributed by atoms with E-state index in [0.29, 0.717) is 16.9 Å². The van der Waals surface area contributed by atoms with Crippen LogP contribution < -0.4 is 0 Å². The second-order valence-corrected chi connectivity index (χ2v) is 4.90. The molecule has 26 heavy (non-hydrogen) atoms. The van der Waals surface area contributed by atoms with Gasteiger partial charge in [-0.1, -0.05) is 13.5 Å². The zero-order valence-corrected chi connectivity index (χ0v) is 16.2. The first kappa shape index (κ1) is 21.6. The Morgan fingerprint density at radius 3 is 2.35 bits per heavy atom. The van der Waals surface area contributed by atoms with Crippen molar-refractivity contribution in [3.05, 3.63) is 78.6 Å². The Hall–Kier alpha value is -2.45. The van der Waals surface area contributed by atoms with Crippen LogP contribution in [0.4, 0.5) is 0 Å². The lowest BCUT2D eigenvalue weighted by Gasteiger charge is -2.04. The number of pyridine rings is 2. The van der Waals surface area contributed by atoms with Crippen LogP contribution in [0.3, 0.4) is 0 Å². The van der Waals surface area contributed by atoms with Gasteiger partial charge in [0.05, 0.1) is 17.5 Å². The monoisotopic (exact) mass is 477 g/mol. The summed E-state index contributed by atoms with van der Waals surface area (Å²) in [6, 6.07) is 10.9. The van der Waals surface area contributed by atoms with Gasteiger partial charge in [0, 0.05) is 30.4 Å². The molecule has 0 aliphatic heterocycles. The zero-order chi connectivity index (χ0) is 15.6. The van der Waals surface area contributed by atoms with Crippen LogP contribution in [0.15, 0.2) is 67.4 Å². The predicted molar refractivity (Wildman–Crippen MR) is 111 cm³/mol. The number of nitrogens with zero attached hydrogens (tertiary/aromatic N) is 5. The van der Waals surface area contributed by atoms with E-state index >= 15 is 0 Å². The molecule has 0 saturated carbocycles. The van der Waals surface area contributed by atoms with E-state index in [9.17, 15) is 4.79 Å². The summed E-state index contributed by atoms with van der Waals surface area (Å²) in [4.78, 5) is 25.0. The molecule has 0 saturated heterocycles. The normalized spacial score (nSPS) is 9.54. The van der Waals surface area contributed by atoms with E-state index in [1.165, 1.54) is 6.20 Å². The van der Waals surface area contributed by atoms with E-state index < -0.39 is 0 Å². The van der Waals surface area contributed by atoms with Crippen LogP contribution >= 0.6 is 34.0 Å². The third-order valence-electron chi connectivity index (χ3n) is 3.52. The molecule has 0 N–H and O–H groups in total. The van der Waals surface area contributed by atoms with Crippen LogP contribution in [-0.2, 0) is 0 Å². The molecule has 4 rings (SSSR count). The van der Waals surface area contributed by atoms with E-state index in [2.05, 4.69) is 20.1 Å². The van der Waals surface area contributed by atoms with Gasteiger partial charge in [0.1, 0.15) is 5.69 Å². The molecule has 0 aliphatic rings. The van der Waals surface area contributed by atoms with Crippen molar-refractivity contribution in [1.82, 2.24) is 24.6 Å². The minimum Gasteiger partial charge on any atom is -0.287 e. The van der Waals surface area contributed by atoms with Gasteiger partial charge >= 0.3 is 0 Å². The van der Waals surface area contributed by atoms with Crippen LogP contribution in [0.25, 0.3) is 16.9 Å². The first-order chi connectivity index (χ1) is 11.3. The van der Waals surface area contributed by atoms with E-state index in [0.717, 1.165) is 11.3 Å². The molecule has 0 spiro atoms. The molecule has 4 aromatic rings. The summed E-state index contributed by atoms with van der Waals surface area (Å²) in [5, 5.41) is 4.33. The third-order valence-corrected chi connectivity index (χ3v) is 3.52. The molecule has 134 valence electrons. The van der Waals surface area contributed by atoms with Gasteiger partial charge in [-0.2, -0.15) is 5.10 Å². The maximum Gasteiger partial charge on any atom is 0.216 e. The number of hydrogen-bond acceptors (Lipinski definition) is 5. The molecule has 6 nitrogen and oxygen atoms in total. The first-order valence-corrected chi connectivity index (χ1v) is 7.03. The molecule has 0 aliphatic carbocycles. The summed E-state index contributed by atoms with van der Waals surface area (Å²) >= 11 is 0. The topological polar surface area (TPSA) is 73.0 Å². The van der Waals surface area contributed by atoms with Gasteiger partial charge < -0.3 is 0 Å². The molecule has 4 heterocycles. The first-order valence-electron chi connectivity index (χ1n) is 7.03. The minimum absolute atomic E-state index is 0. The Balaban J connectivity index is 0.00000113. The molecule has 0 bridgehead atoms. The molecular weight excluding hydrogens is 462 g/mol. The van der Waals surface area contributed by atoms with Crippen molar-refractivity contribution in [3.8, 4) is 11.3 Å². The van der Waals surface area contributed by atoms with Crippen molar-refractivity contribution in [2.45, 2.75) is 7.43 Å². The van der Waals surface area contributed by atoms with E-state index in [-0.39, 0.29) is 47.2 Å². The lowest BCUT2D eigenvalue weighted by atomic mass is 10.1. The lowest BCUT2D eigenvalue weighted by Crippen LogP contribution is -2.04. The molecule has 4 aromatic heterocycles. The molecule has 8 heteroatoms. The Morgan fingerprint density at radius 1 is 0.885 bits per heavy atom. The average molecular weight is 479 g/mol. The largest absolute Gasteiger partial charge is 0.287 e. The SMILES string of the molecule is Br.Br.C.O=C(c1ccccn1)c1cnn2c(-c3ccncc3)ccnc12. The summed E-state index contributed by atoms with van der Waals surface area (Å²) in [7, 11) is 0. The highest BCUT2D eigenvalue weighted by Gasteiger charge is 2.18. The molecule has 0 unspecified atom stereocenters. The van der Waals surface area contributed by atoms with Crippen molar-refractivity contribution >= 4 is 45.4 Å². The highest BCUT2D eigenvalue weighted by Crippen LogP contribution is 2.21. The van der Waals surface area contributed by atoms with E-state index in [1.807, 2.05) is 18.2 Å². The van der Waals surface area contributed by atoms with Gasteiger partial charge in [-0.05, 0) is 30.3 Å². The summed E-state index contributed by atoms with van der Waals surface area (Å²) in [5.74, 6) is -0.194. The number of ketones is 1. The molecular formula is C18H17Br2N5O. The number of rotatable bonds is 3. The standard InChI is InChI=1S/C17H11N5O.CH4.2BrH/c23-16(14-3-1-2-7-19-14)13-11-21-22-15(6-10-20-17(13)22)12-4-8-18-9-5-12;;;/h1-11H;1H4;2*1H. The minimum atomic E-state index is -0.194. The van der Waals surface area contributed by atoms with Crippen LogP contribution in [0.1, 0.15) is 23.5 Å². The molecule has 0 atom stereocenters. The van der Waals surface area contributed by atoms with Crippen LogP contribution in [-0.4, -0.2) is 30.3 Å². The number of aromatic nitrogens is 5. The van der Waals surface area contributed by atoms with Crippen molar-refractivity contribution in [1.29, 1.82) is 0 Å². The zero-order valence-electron chi connectivity index (χ0n) is 12.8. The van der Waals surface area contributed by atoms with Gasteiger partial charge in [-0.15, -0.1) is 34.0 Å². The molecule has 0 aromatic carbocycles. The van der Waals surface area contributed by atoms with Gasteiger partial charge in [-0.3, -0.25) is 14.8 Å². The summed E-state index contributed by atoms with van der Waals surface area (Å²) in [6.07, 6.45) is 8.22. The summed E-state index contributed by atoms with van der Waals surface area (Å²) in [6.45, 7) is 0. The fourth-order valence-corrected chi connectivity index (χ4v) is 2.43. The number of carbonyl (C=O) groups is 1. The maximum absolute atomic E-state index is 12.6. The second kappa shape index (κ2) is 9.30. The number of fused-ring (bicyclic) bond motifs is 1. The van der Waals surface area contributed by atoms with Gasteiger partial charge in [0.2, 0.25) is 5.78 Å². The molecule has 0 radical (unpaired) electrons. The maximum atomic E-state index is 12.6. The second-order valence-electron chi connectivity index (χ2n) is 4.90.